The molecule has 0 spiro atoms. The van der Waals surface area contributed by atoms with E-state index in [4.69, 9.17) is 9.47 Å². The molecule has 0 aromatic rings. The minimum absolute atomic E-state index is 0.199. The molecule has 1 saturated carbocycles. The number of hydrogen-bond donors (Lipinski definition) is 1. The Kier molecular flexibility index (Phi) is 5.56. The fourth-order valence-corrected chi connectivity index (χ4v) is 1.08. The Balaban J connectivity index is 1.76. The number of esters is 1. The summed E-state index contributed by atoms with van der Waals surface area (Å²) in [6.07, 6.45) is 2.63. The molecule has 0 saturated heterocycles. The van der Waals surface area contributed by atoms with Crippen molar-refractivity contribution in [2.45, 2.75) is 19.8 Å². The van der Waals surface area contributed by atoms with E-state index in [1.54, 1.807) is 6.92 Å². The number of hydrogen-bond acceptors (Lipinski definition) is 4. The lowest BCUT2D eigenvalue weighted by Gasteiger charge is -2.05. The Bertz CT molecular complexity index is 169. The molecule has 0 amide bonds. The molecular weight excluding hydrogens is 182 g/mol. The van der Waals surface area contributed by atoms with E-state index in [1.807, 2.05) is 0 Å². The lowest BCUT2D eigenvalue weighted by molar-refractivity contribution is -0.142. The predicted molar refractivity (Wildman–Crippen MR) is 53.0 cm³/mol. The topological polar surface area (TPSA) is 47.6 Å². The molecule has 0 aromatic heterocycles. The molecule has 0 aliphatic heterocycles. The fraction of sp³-hybridized carbons (Fsp3) is 0.900. The SMILES string of the molecule is CCOC(=O)CNCCOCC1CC1. The molecule has 0 unspecified atom stereocenters. The van der Waals surface area contributed by atoms with Crippen LogP contribution in [0.3, 0.4) is 0 Å². The first kappa shape index (κ1) is 11.5. The van der Waals surface area contributed by atoms with Gasteiger partial charge in [-0.1, -0.05) is 0 Å². The van der Waals surface area contributed by atoms with Crippen LogP contribution in [0.4, 0.5) is 0 Å². The second-order valence-corrected chi connectivity index (χ2v) is 3.50. The molecule has 1 aliphatic rings. The van der Waals surface area contributed by atoms with Crippen LogP contribution in [-0.2, 0) is 14.3 Å². The Morgan fingerprint density at radius 2 is 2.29 bits per heavy atom. The number of carbonyl (C=O) groups excluding carboxylic acids is 1. The predicted octanol–water partition coefficient (Wildman–Crippen LogP) is 0.566. The van der Waals surface area contributed by atoms with Crippen LogP contribution < -0.4 is 5.32 Å². The van der Waals surface area contributed by atoms with E-state index in [-0.39, 0.29) is 12.5 Å². The third-order valence-electron chi connectivity index (χ3n) is 2.05. The molecule has 0 aromatic carbocycles. The number of rotatable bonds is 8. The van der Waals surface area contributed by atoms with Crippen LogP contribution in [0.25, 0.3) is 0 Å². The van der Waals surface area contributed by atoms with Gasteiger partial charge in [0, 0.05) is 13.2 Å². The first-order chi connectivity index (χ1) is 6.83. The lowest BCUT2D eigenvalue weighted by Crippen LogP contribution is -2.28. The zero-order valence-corrected chi connectivity index (χ0v) is 8.75. The van der Waals surface area contributed by atoms with Gasteiger partial charge >= 0.3 is 5.97 Å². The third kappa shape index (κ3) is 5.94. The highest BCUT2D eigenvalue weighted by Gasteiger charge is 2.20. The molecule has 1 fully saturated rings. The van der Waals surface area contributed by atoms with Crippen LogP contribution in [0.2, 0.25) is 0 Å². The average molecular weight is 201 g/mol. The molecule has 14 heavy (non-hydrogen) atoms. The van der Waals surface area contributed by atoms with Crippen molar-refractivity contribution >= 4 is 5.97 Å². The zero-order chi connectivity index (χ0) is 10.2. The van der Waals surface area contributed by atoms with Crippen molar-refractivity contribution in [2.24, 2.45) is 5.92 Å². The lowest BCUT2D eigenvalue weighted by atomic mass is 10.5. The van der Waals surface area contributed by atoms with Gasteiger partial charge in [0.1, 0.15) is 0 Å². The van der Waals surface area contributed by atoms with Crippen LogP contribution in [0.5, 0.6) is 0 Å². The van der Waals surface area contributed by atoms with Gasteiger partial charge in [0.15, 0.2) is 0 Å². The Morgan fingerprint density at radius 3 is 2.93 bits per heavy atom. The van der Waals surface area contributed by atoms with E-state index in [1.165, 1.54) is 12.8 Å². The van der Waals surface area contributed by atoms with Gasteiger partial charge in [-0.3, -0.25) is 4.79 Å². The molecule has 1 N–H and O–H groups in total. The van der Waals surface area contributed by atoms with Gasteiger partial charge < -0.3 is 14.8 Å². The molecule has 1 aliphatic carbocycles. The molecule has 0 bridgehead atoms. The van der Waals surface area contributed by atoms with Gasteiger partial charge in [0.25, 0.3) is 0 Å². The number of carbonyl (C=O) groups is 1. The summed E-state index contributed by atoms with van der Waals surface area (Å²) in [5.74, 6) is 0.606. The fourth-order valence-electron chi connectivity index (χ4n) is 1.08. The monoisotopic (exact) mass is 201 g/mol. The quantitative estimate of drug-likeness (QED) is 0.460. The van der Waals surface area contributed by atoms with E-state index < -0.39 is 0 Å². The number of nitrogens with one attached hydrogen (secondary N) is 1. The first-order valence-electron chi connectivity index (χ1n) is 5.27. The summed E-state index contributed by atoms with van der Waals surface area (Å²) >= 11 is 0. The van der Waals surface area contributed by atoms with Crippen molar-refractivity contribution in [3.63, 3.8) is 0 Å². The summed E-state index contributed by atoms with van der Waals surface area (Å²) < 4.78 is 10.1. The first-order valence-corrected chi connectivity index (χ1v) is 5.27. The van der Waals surface area contributed by atoms with Crippen LogP contribution >= 0.6 is 0 Å². The summed E-state index contributed by atoms with van der Waals surface area (Å²) in [7, 11) is 0. The summed E-state index contributed by atoms with van der Waals surface area (Å²) in [5.41, 5.74) is 0. The summed E-state index contributed by atoms with van der Waals surface area (Å²) in [4.78, 5) is 10.9. The van der Waals surface area contributed by atoms with Crippen molar-refractivity contribution < 1.29 is 14.3 Å². The maximum absolute atomic E-state index is 10.9. The van der Waals surface area contributed by atoms with Gasteiger partial charge in [-0.25, -0.2) is 0 Å². The highest BCUT2D eigenvalue weighted by Crippen LogP contribution is 2.28. The molecule has 0 atom stereocenters. The van der Waals surface area contributed by atoms with Crippen LogP contribution in [0.1, 0.15) is 19.8 Å². The summed E-state index contributed by atoms with van der Waals surface area (Å²) in [6, 6.07) is 0. The molecular formula is C10H19NO3. The average Bonchev–Trinajstić information content (AvgIpc) is 2.95. The van der Waals surface area contributed by atoms with Crippen molar-refractivity contribution in [2.75, 3.05) is 32.9 Å². The Hall–Kier alpha value is -0.610. The largest absolute Gasteiger partial charge is 0.465 e. The van der Waals surface area contributed by atoms with Crippen LogP contribution in [-0.4, -0.2) is 38.9 Å². The zero-order valence-electron chi connectivity index (χ0n) is 8.75. The van der Waals surface area contributed by atoms with E-state index in [0.717, 1.165) is 12.5 Å². The smallest absolute Gasteiger partial charge is 0.319 e. The van der Waals surface area contributed by atoms with Crippen LogP contribution in [0.15, 0.2) is 0 Å². The highest BCUT2D eigenvalue weighted by molar-refractivity contribution is 5.71. The molecule has 4 heteroatoms. The third-order valence-corrected chi connectivity index (χ3v) is 2.05. The van der Waals surface area contributed by atoms with Crippen molar-refractivity contribution in [3.05, 3.63) is 0 Å². The van der Waals surface area contributed by atoms with E-state index >= 15 is 0 Å². The molecule has 0 radical (unpaired) electrons. The summed E-state index contributed by atoms with van der Waals surface area (Å²) in [5, 5.41) is 2.96. The molecule has 82 valence electrons. The van der Waals surface area contributed by atoms with E-state index in [9.17, 15) is 4.79 Å². The normalized spacial score (nSPS) is 15.5. The molecule has 1 rings (SSSR count). The van der Waals surface area contributed by atoms with Gasteiger partial charge in [-0.15, -0.1) is 0 Å². The van der Waals surface area contributed by atoms with Crippen LogP contribution in [0, 0.1) is 5.92 Å². The standard InChI is InChI=1S/C10H19NO3/c1-2-14-10(12)7-11-5-6-13-8-9-3-4-9/h9,11H,2-8H2,1H3. The second kappa shape index (κ2) is 6.79. The maximum Gasteiger partial charge on any atom is 0.319 e. The van der Waals surface area contributed by atoms with Crippen molar-refractivity contribution in [3.8, 4) is 0 Å². The minimum atomic E-state index is -0.199. The molecule has 0 heterocycles. The Labute approximate surface area is 85.0 Å². The van der Waals surface area contributed by atoms with Gasteiger partial charge in [0.2, 0.25) is 0 Å². The Morgan fingerprint density at radius 1 is 1.50 bits per heavy atom. The van der Waals surface area contributed by atoms with Crippen molar-refractivity contribution in [1.29, 1.82) is 0 Å². The van der Waals surface area contributed by atoms with Gasteiger partial charge in [0.05, 0.1) is 19.8 Å². The maximum atomic E-state index is 10.9. The highest BCUT2D eigenvalue weighted by atomic mass is 16.5. The van der Waals surface area contributed by atoms with E-state index in [2.05, 4.69) is 5.32 Å². The van der Waals surface area contributed by atoms with E-state index in [0.29, 0.717) is 19.8 Å². The minimum Gasteiger partial charge on any atom is -0.465 e. The summed E-state index contributed by atoms with van der Waals surface area (Å²) in [6.45, 7) is 4.79. The number of ether oxygens (including phenoxy) is 2. The van der Waals surface area contributed by atoms with Gasteiger partial charge in [-0.2, -0.15) is 0 Å². The van der Waals surface area contributed by atoms with Crippen molar-refractivity contribution in [1.82, 2.24) is 5.32 Å². The molecule has 4 nitrogen and oxygen atoms in total. The second-order valence-electron chi connectivity index (χ2n) is 3.50. The van der Waals surface area contributed by atoms with Gasteiger partial charge in [-0.05, 0) is 25.7 Å².